The van der Waals surface area contributed by atoms with Crippen LogP contribution in [-0.2, 0) is 9.59 Å². The first-order chi connectivity index (χ1) is 9.91. The molecule has 0 heterocycles. The van der Waals surface area contributed by atoms with Crippen molar-refractivity contribution in [3.8, 4) is 0 Å². The molecular weight excluding hydrogens is 272 g/mol. The van der Waals surface area contributed by atoms with Crippen LogP contribution in [0.4, 0.5) is 0 Å². The Morgan fingerprint density at radius 1 is 1.19 bits per heavy atom. The maximum atomic E-state index is 12.1. The van der Waals surface area contributed by atoms with E-state index in [1.54, 1.807) is 44.2 Å². The van der Waals surface area contributed by atoms with Crippen LogP contribution in [0.15, 0.2) is 30.3 Å². The fraction of sp³-hybridized carbons (Fsp3) is 0.400. The molecule has 0 saturated carbocycles. The summed E-state index contributed by atoms with van der Waals surface area (Å²) in [6.07, 6.45) is -0.115. The number of carbonyl (C=O) groups is 3. The van der Waals surface area contributed by atoms with Gasteiger partial charge in [-0.15, -0.1) is 0 Å². The summed E-state index contributed by atoms with van der Waals surface area (Å²) in [5, 5.41) is 11.2. The third kappa shape index (κ3) is 5.64. The highest BCUT2D eigenvalue weighted by Gasteiger charge is 2.18. The molecule has 0 atom stereocenters. The molecule has 0 aliphatic carbocycles. The van der Waals surface area contributed by atoms with E-state index in [9.17, 15) is 14.4 Å². The number of hydrogen-bond acceptors (Lipinski definition) is 3. The van der Waals surface area contributed by atoms with Crippen LogP contribution >= 0.6 is 0 Å². The molecule has 2 N–H and O–H groups in total. The average molecular weight is 292 g/mol. The van der Waals surface area contributed by atoms with E-state index in [2.05, 4.69) is 5.32 Å². The molecule has 0 fully saturated rings. The molecule has 6 nitrogen and oxygen atoms in total. The van der Waals surface area contributed by atoms with Gasteiger partial charge in [0.05, 0.1) is 13.0 Å². The monoisotopic (exact) mass is 292 g/mol. The Morgan fingerprint density at radius 2 is 1.81 bits per heavy atom. The van der Waals surface area contributed by atoms with Gasteiger partial charge in [0.25, 0.3) is 5.91 Å². The number of amides is 2. The number of aliphatic carboxylic acids is 1. The topological polar surface area (TPSA) is 86.7 Å². The van der Waals surface area contributed by atoms with Crippen molar-refractivity contribution in [3.05, 3.63) is 35.9 Å². The molecule has 1 rings (SSSR count). The molecule has 0 radical (unpaired) electrons. The summed E-state index contributed by atoms with van der Waals surface area (Å²) in [5.41, 5.74) is 0.479. The second-order valence-electron chi connectivity index (χ2n) is 4.87. The molecule has 0 aromatic heterocycles. The minimum absolute atomic E-state index is 0.115. The van der Waals surface area contributed by atoms with Crippen molar-refractivity contribution in [2.24, 2.45) is 0 Å². The van der Waals surface area contributed by atoms with Crippen LogP contribution in [0.5, 0.6) is 0 Å². The van der Waals surface area contributed by atoms with E-state index in [4.69, 9.17) is 5.11 Å². The van der Waals surface area contributed by atoms with Gasteiger partial charge in [0.2, 0.25) is 5.91 Å². The third-order valence-electron chi connectivity index (χ3n) is 2.95. The highest BCUT2D eigenvalue weighted by atomic mass is 16.4. The van der Waals surface area contributed by atoms with Crippen molar-refractivity contribution in [1.29, 1.82) is 0 Å². The Morgan fingerprint density at radius 3 is 2.33 bits per heavy atom. The van der Waals surface area contributed by atoms with Crippen molar-refractivity contribution < 1.29 is 19.5 Å². The first kappa shape index (κ1) is 16.7. The van der Waals surface area contributed by atoms with Gasteiger partial charge in [0, 0.05) is 18.2 Å². The van der Waals surface area contributed by atoms with Crippen molar-refractivity contribution in [2.45, 2.75) is 26.3 Å². The van der Waals surface area contributed by atoms with Crippen LogP contribution < -0.4 is 5.32 Å². The van der Waals surface area contributed by atoms with Crippen molar-refractivity contribution in [3.63, 3.8) is 0 Å². The lowest BCUT2D eigenvalue weighted by atomic mass is 10.2. The summed E-state index contributed by atoms with van der Waals surface area (Å²) in [4.78, 5) is 35.9. The minimum Gasteiger partial charge on any atom is -0.481 e. The number of carboxylic acids is 1. The zero-order valence-electron chi connectivity index (χ0n) is 12.2. The van der Waals surface area contributed by atoms with Crippen LogP contribution in [0.2, 0.25) is 0 Å². The molecule has 0 saturated heterocycles. The van der Waals surface area contributed by atoms with E-state index in [-0.39, 0.29) is 37.4 Å². The molecule has 0 aliphatic rings. The molecule has 1 aromatic rings. The third-order valence-corrected chi connectivity index (χ3v) is 2.95. The Balaban J connectivity index is 2.53. The van der Waals surface area contributed by atoms with E-state index in [1.807, 2.05) is 0 Å². The van der Waals surface area contributed by atoms with Crippen molar-refractivity contribution in [2.75, 3.05) is 13.1 Å². The normalized spacial score (nSPS) is 10.2. The summed E-state index contributed by atoms with van der Waals surface area (Å²) >= 11 is 0. The van der Waals surface area contributed by atoms with Gasteiger partial charge in [-0.1, -0.05) is 18.2 Å². The summed E-state index contributed by atoms with van der Waals surface area (Å²) in [5.74, 6) is -1.58. The van der Waals surface area contributed by atoms with Gasteiger partial charge in [0.15, 0.2) is 0 Å². The zero-order chi connectivity index (χ0) is 15.8. The van der Waals surface area contributed by atoms with Crippen LogP contribution in [0.1, 0.15) is 30.6 Å². The van der Waals surface area contributed by atoms with Gasteiger partial charge in [-0.25, -0.2) is 0 Å². The Hall–Kier alpha value is -2.37. The summed E-state index contributed by atoms with van der Waals surface area (Å²) in [7, 11) is 0. The minimum atomic E-state index is -0.957. The summed E-state index contributed by atoms with van der Waals surface area (Å²) in [6.45, 7) is 3.59. The van der Waals surface area contributed by atoms with Gasteiger partial charge < -0.3 is 15.3 Å². The van der Waals surface area contributed by atoms with Crippen LogP contribution in [-0.4, -0.2) is 46.9 Å². The summed E-state index contributed by atoms with van der Waals surface area (Å²) < 4.78 is 0. The van der Waals surface area contributed by atoms with Crippen LogP contribution in [0.25, 0.3) is 0 Å². The van der Waals surface area contributed by atoms with Crippen molar-refractivity contribution in [1.82, 2.24) is 10.2 Å². The van der Waals surface area contributed by atoms with Crippen LogP contribution in [0.3, 0.4) is 0 Å². The van der Waals surface area contributed by atoms with Gasteiger partial charge in [-0.05, 0) is 26.0 Å². The second kappa shape index (κ2) is 8.04. The predicted molar refractivity (Wildman–Crippen MR) is 77.9 cm³/mol. The largest absolute Gasteiger partial charge is 0.481 e. The molecular formula is C15H20N2O4. The number of hydrogen-bond donors (Lipinski definition) is 2. The van der Waals surface area contributed by atoms with Gasteiger partial charge in [-0.3, -0.25) is 14.4 Å². The molecule has 2 amide bonds. The number of nitrogens with zero attached hydrogens (tertiary/aromatic N) is 1. The fourth-order valence-electron chi connectivity index (χ4n) is 1.84. The number of carboxylic acid groups (broad SMARTS) is 1. The SMILES string of the molecule is CC(C)N(CCC(=O)O)C(=O)CNC(=O)c1ccccc1. The quantitative estimate of drug-likeness (QED) is 0.788. The van der Waals surface area contributed by atoms with E-state index < -0.39 is 5.97 Å². The molecule has 21 heavy (non-hydrogen) atoms. The highest BCUT2D eigenvalue weighted by Crippen LogP contribution is 2.02. The number of rotatable bonds is 7. The maximum Gasteiger partial charge on any atom is 0.305 e. The number of carbonyl (C=O) groups excluding carboxylic acids is 2. The summed E-state index contributed by atoms with van der Waals surface area (Å²) in [6, 6.07) is 8.47. The molecule has 1 aromatic carbocycles. The van der Waals surface area contributed by atoms with E-state index in [1.165, 1.54) is 4.90 Å². The molecule has 0 spiro atoms. The van der Waals surface area contributed by atoms with E-state index >= 15 is 0 Å². The molecule has 114 valence electrons. The van der Waals surface area contributed by atoms with Gasteiger partial charge >= 0.3 is 5.97 Å². The molecule has 0 unspecified atom stereocenters. The van der Waals surface area contributed by atoms with E-state index in [0.717, 1.165) is 0 Å². The van der Waals surface area contributed by atoms with Gasteiger partial charge in [-0.2, -0.15) is 0 Å². The first-order valence-electron chi connectivity index (χ1n) is 6.76. The second-order valence-corrected chi connectivity index (χ2v) is 4.87. The van der Waals surface area contributed by atoms with Crippen molar-refractivity contribution >= 4 is 17.8 Å². The Bertz CT molecular complexity index is 500. The molecule has 0 bridgehead atoms. The lowest BCUT2D eigenvalue weighted by Crippen LogP contribution is -2.44. The molecule has 6 heteroatoms. The van der Waals surface area contributed by atoms with Gasteiger partial charge in [0.1, 0.15) is 0 Å². The highest BCUT2D eigenvalue weighted by molar-refractivity contribution is 5.96. The Labute approximate surface area is 123 Å². The Kier molecular flexibility index (Phi) is 6.39. The zero-order valence-corrected chi connectivity index (χ0v) is 12.2. The average Bonchev–Trinajstić information content (AvgIpc) is 2.45. The smallest absolute Gasteiger partial charge is 0.305 e. The number of benzene rings is 1. The fourth-order valence-corrected chi connectivity index (χ4v) is 1.84. The van der Waals surface area contributed by atoms with E-state index in [0.29, 0.717) is 5.56 Å². The lowest BCUT2D eigenvalue weighted by Gasteiger charge is -2.26. The molecule has 0 aliphatic heterocycles. The maximum absolute atomic E-state index is 12.1. The predicted octanol–water partition coefficient (Wildman–Crippen LogP) is 1.13. The number of nitrogens with one attached hydrogen (secondary N) is 1. The van der Waals surface area contributed by atoms with Crippen LogP contribution in [0, 0.1) is 0 Å². The standard InChI is InChI=1S/C15H20N2O4/c1-11(2)17(9-8-14(19)20)13(18)10-16-15(21)12-6-4-3-5-7-12/h3-7,11H,8-10H2,1-2H3,(H,16,21)(H,19,20). The lowest BCUT2D eigenvalue weighted by molar-refractivity contribution is -0.138. The first-order valence-corrected chi connectivity index (χ1v) is 6.76.